The van der Waals surface area contributed by atoms with Crippen LogP contribution >= 0.6 is 11.6 Å². The standard InChI is InChI=1S/C16H16ClNO4/c1-20-12-8-13(21-2)15(14(9-12)22-3)18-16(19)10-5-4-6-11(17)7-10/h4-9H,1-3H3,(H,18,19). The highest BCUT2D eigenvalue weighted by molar-refractivity contribution is 6.31. The minimum atomic E-state index is -0.315. The van der Waals surface area contributed by atoms with E-state index in [9.17, 15) is 4.79 Å². The molecular weight excluding hydrogens is 306 g/mol. The number of hydrogen-bond donors (Lipinski definition) is 1. The van der Waals surface area contributed by atoms with Gasteiger partial charge in [-0.2, -0.15) is 0 Å². The van der Waals surface area contributed by atoms with Crippen LogP contribution in [-0.4, -0.2) is 27.2 Å². The Bertz CT molecular complexity index is 663. The van der Waals surface area contributed by atoms with Gasteiger partial charge in [0.1, 0.15) is 22.9 Å². The highest BCUT2D eigenvalue weighted by Crippen LogP contribution is 2.39. The molecule has 6 heteroatoms. The Labute approximate surface area is 133 Å². The molecule has 0 spiro atoms. The highest BCUT2D eigenvalue weighted by atomic mass is 35.5. The Balaban J connectivity index is 2.37. The number of carbonyl (C=O) groups excluding carboxylic acids is 1. The first-order valence-corrected chi connectivity index (χ1v) is 6.83. The lowest BCUT2D eigenvalue weighted by atomic mass is 10.2. The van der Waals surface area contributed by atoms with Crippen LogP contribution in [0.4, 0.5) is 5.69 Å². The number of carbonyl (C=O) groups is 1. The third-order valence-electron chi connectivity index (χ3n) is 3.04. The van der Waals surface area contributed by atoms with Crippen molar-refractivity contribution in [2.75, 3.05) is 26.6 Å². The molecule has 0 fully saturated rings. The molecule has 0 unspecified atom stereocenters. The van der Waals surface area contributed by atoms with E-state index in [2.05, 4.69) is 5.32 Å². The molecule has 2 rings (SSSR count). The van der Waals surface area contributed by atoms with Crippen molar-refractivity contribution in [2.24, 2.45) is 0 Å². The molecule has 2 aromatic carbocycles. The molecule has 2 aromatic rings. The fourth-order valence-corrected chi connectivity index (χ4v) is 2.13. The molecule has 0 atom stereocenters. The van der Waals surface area contributed by atoms with Crippen LogP contribution in [0.25, 0.3) is 0 Å². The summed E-state index contributed by atoms with van der Waals surface area (Å²) in [6.45, 7) is 0. The molecule has 0 aliphatic carbocycles. The maximum absolute atomic E-state index is 12.3. The summed E-state index contributed by atoms with van der Waals surface area (Å²) in [6, 6.07) is 9.99. The number of amides is 1. The summed E-state index contributed by atoms with van der Waals surface area (Å²) in [7, 11) is 4.55. The fourth-order valence-electron chi connectivity index (χ4n) is 1.94. The molecule has 0 heterocycles. The van der Waals surface area contributed by atoms with Crippen LogP contribution in [0.3, 0.4) is 0 Å². The minimum absolute atomic E-state index is 0.315. The van der Waals surface area contributed by atoms with Crippen molar-refractivity contribution in [3.8, 4) is 17.2 Å². The zero-order valence-corrected chi connectivity index (χ0v) is 13.2. The predicted molar refractivity (Wildman–Crippen MR) is 85.5 cm³/mol. The number of ether oxygens (including phenoxy) is 3. The van der Waals surface area contributed by atoms with Gasteiger partial charge in [-0.3, -0.25) is 4.79 Å². The predicted octanol–water partition coefficient (Wildman–Crippen LogP) is 3.62. The van der Waals surface area contributed by atoms with Crippen molar-refractivity contribution in [1.29, 1.82) is 0 Å². The van der Waals surface area contributed by atoms with Crippen LogP contribution in [0, 0.1) is 0 Å². The molecule has 0 saturated carbocycles. The van der Waals surface area contributed by atoms with Crippen LogP contribution in [0.5, 0.6) is 17.2 Å². The van der Waals surface area contributed by atoms with Gasteiger partial charge in [0.15, 0.2) is 0 Å². The Morgan fingerprint density at radius 2 is 1.64 bits per heavy atom. The molecule has 0 radical (unpaired) electrons. The molecule has 116 valence electrons. The molecule has 1 N–H and O–H groups in total. The van der Waals surface area contributed by atoms with Crippen molar-refractivity contribution in [3.05, 3.63) is 47.0 Å². The van der Waals surface area contributed by atoms with E-state index in [1.165, 1.54) is 14.2 Å². The van der Waals surface area contributed by atoms with Gasteiger partial charge in [0, 0.05) is 22.7 Å². The Morgan fingerprint density at radius 3 is 2.14 bits per heavy atom. The van der Waals surface area contributed by atoms with Crippen LogP contribution in [0.15, 0.2) is 36.4 Å². The largest absolute Gasteiger partial charge is 0.496 e. The molecule has 0 aliphatic heterocycles. The second-order valence-corrected chi connectivity index (χ2v) is 4.81. The number of methoxy groups -OCH3 is 3. The number of hydrogen-bond acceptors (Lipinski definition) is 4. The second kappa shape index (κ2) is 7.04. The van der Waals surface area contributed by atoms with Gasteiger partial charge in [0.05, 0.1) is 21.3 Å². The average Bonchev–Trinajstić information content (AvgIpc) is 2.54. The summed E-state index contributed by atoms with van der Waals surface area (Å²) < 4.78 is 15.7. The van der Waals surface area contributed by atoms with Gasteiger partial charge in [0.2, 0.25) is 0 Å². The number of rotatable bonds is 5. The molecule has 5 nitrogen and oxygen atoms in total. The number of nitrogens with one attached hydrogen (secondary N) is 1. The first-order chi connectivity index (χ1) is 10.6. The first kappa shape index (κ1) is 16.0. The van der Waals surface area contributed by atoms with E-state index >= 15 is 0 Å². The van der Waals surface area contributed by atoms with Gasteiger partial charge in [0.25, 0.3) is 5.91 Å². The Hall–Kier alpha value is -2.40. The number of benzene rings is 2. The summed E-state index contributed by atoms with van der Waals surface area (Å²) in [5.41, 5.74) is 0.864. The molecule has 0 bridgehead atoms. The van der Waals surface area contributed by atoms with Gasteiger partial charge in [-0.25, -0.2) is 0 Å². The third kappa shape index (κ3) is 3.43. The molecule has 1 amide bonds. The van der Waals surface area contributed by atoms with Crippen molar-refractivity contribution in [3.63, 3.8) is 0 Å². The van der Waals surface area contributed by atoms with Crippen LogP contribution in [0.1, 0.15) is 10.4 Å². The summed E-state index contributed by atoms with van der Waals surface area (Å²) in [6.07, 6.45) is 0. The van der Waals surface area contributed by atoms with E-state index in [4.69, 9.17) is 25.8 Å². The quantitative estimate of drug-likeness (QED) is 0.914. The van der Waals surface area contributed by atoms with Crippen LogP contribution in [-0.2, 0) is 0 Å². The van der Waals surface area contributed by atoms with Gasteiger partial charge >= 0.3 is 0 Å². The Morgan fingerprint density at radius 1 is 1.00 bits per heavy atom. The zero-order chi connectivity index (χ0) is 16.1. The van der Waals surface area contributed by atoms with Crippen molar-refractivity contribution in [1.82, 2.24) is 0 Å². The van der Waals surface area contributed by atoms with Gasteiger partial charge in [-0.1, -0.05) is 17.7 Å². The van der Waals surface area contributed by atoms with Crippen LogP contribution < -0.4 is 19.5 Å². The maximum atomic E-state index is 12.3. The summed E-state index contributed by atoms with van der Waals surface area (Å²) in [4.78, 5) is 12.3. The van der Waals surface area contributed by atoms with E-state index in [1.54, 1.807) is 43.5 Å². The number of anilines is 1. The summed E-state index contributed by atoms with van der Waals surface area (Å²) in [5.74, 6) is 1.12. The minimum Gasteiger partial charge on any atom is -0.496 e. The molecule has 22 heavy (non-hydrogen) atoms. The third-order valence-corrected chi connectivity index (χ3v) is 3.28. The van der Waals surface area contributed by atoms with E-state index in [0.29, 0.717) is 33.5 Å². The first-order valence-electron chi connectivity index (χ1n) is 6.46. The topological polar surface area (TPSA) is 56.8 Å². The maximum Gasteiger partial charge on any atom is 0.255 e. The highest BCUT2D eigenvalue weighted by Gasteiger charge is 2.17. The van der Waals surface area contributed by atoms with E-state index in [0.717, 1.165) is 0 Å². The zero-order valence-electron chi connectivity index (χ0n) is 12.5. The number of halogens is 1. The molecule has 0 saturated heterocycles. The molecule has 0 aromatic heterocycles. The summed E-state index contributed by atoms with van der Waals surface area (Å²) >= 11 is 5.90. The summed E-state index contributed by atoms with van der Waals surface area (Å²) in [5, 5.41) is 3.26. The van der Waals surface area contributed by atoms with Crippen molar-refractivity contribution >= 4 is 23.2 Å². The molecule has 0 aliphatic rings. The van der Waals surface area contributed by atoms with Crippen molar-refractivity contribution < 1.29 is 19.0 Å². The van der Waals surface area contributed by atoms with Gasteiger partial charge in [-0.05, 0) is 18.2 Å². The van der Waals surface area contributed by atoms with Gasteiger partial charge in [-0.15, -0.1) is 0 Å². The van der Waals surface area contributed by atoms with Gasteiger partial charge < -0.3 is 19.5 Å². The molecular formula is C16H16ClNO4. The monoisotopic (exact) mass is 321 g/mol. The van der Waals surface area contributed by atoms with Crippen LogP contribution in [0.2, 0.25) is 5.02 Å². The fraction of sp³-hybridized carbons (Fsp3) is 0.188. The van der Waals surface area contributed by atoms with E-state index in [-0.39, 0.29) is 5.91 Å². The average molecular weight is 322 g/mol. The lowest BCUT2D eigenvalue weighted by molar-refractivity contribution is 0.102. The lowest BCUT2D eigenvalue weighted by Crippen LogP contribution is -2.13. The second-order valence-electron chi connectivity index (χ2n) is 4.37. The smallest absolute Gasteiger partial charge is 0.255 e. The normalized spacial score (nSPS) is 10.0. The lowest BCUT2D eigenvalue weighted by Gasteiger charge is -2.15. The Kier molecular flexibility index (Phi) is 5.12. The van der Waals surface area contributed by atoms with E-state index < -0.39 is 0 Å². The SMILES string of the molecule is COc1cc(OC)c(NC(=O)c2cccc(Cl)c2)c(OC)c1. The van der Waals surface area contributed by atoms with Crippen molar-refractivity contribution in [2.45, 2.75) is 0 Å². The van der Waals surface area contributed by atoms with E-state index in [1.807, 2.05) is 0 Å².